The zero-order chi connectivity index (χ0) is 16.9. The fourth-order valence-corrected chi connectivity index (χ4v) is 4.37. The van der Waals surface area contributed by atoms with Crippen LogP contribution in [0.1, 0.15) is 15.2 Å². The summed E-state index contributed by atoms with van der Waals surface area (Å²) in [4.78, 5) is 13.3. The van der Waals surface area contributed by atoms with Crippen LogP contribution in [0.4, 0.5) is 5.13 Å². The lowest BCUT2D eigenvalue weighted by atomic mass is 10.0. The maximum absolute atomic E-state index is 12.6. The van der Waals surface area contributed by atoms with Gasteiger partial charge in [-0.15, -0.1) is 28.1 Å². The van der Waals surface area contributed by atoms with Crippen LogP contribution in [0.15, 0.2) is 52.7 Å². The van der Waals surface area contributed by atoms with Crippen molar-refractivity contribution in [3.8, 4) is 11.1 Å². The fraction of sp³-hybridized carbons (Fsp3) is 0.118. The maximum atomic E-state index is 12.6. The molecule has 0 aliphatic heterocycles. The maximum Gasteiger partial charge on any atom is 0.268 e. The van der Waals surface area contributed by atoms with E-state index >= 15 is 0 Å². The zero-order valence-electron chi connectivity index (χ0n) is 13.0. The number of carbonyl (C=O) groups is 1. The molecule has 0 atom stereocenters. The Kier molecular flexibility index (Phi) is 5.44. The van der Waals surface area contributed by atoms with E-state index in [9.17, 15) is 4.79 Å². The predicted octanol–water partition coefficient (Wildman–Crippen LogP) is 5.11. The average molecular weight is 374 g/mol. The third kappa shape index (κ3) is 3.92. The number of amides is 1. The summed E-state index contributed by atoms with van der Waals surface area (Å²) in [6, 6.07) is 10.1. The highest BCUT2D eigenvalue weighted by atomic mass is 32.2. The Morgan fingerprint density at radius 3 is 2.83 bits per heavy atom. The van der Waals surface area contributed by atoms with Crippen molar-refractivity contribution in [3.63, 3.8) is 0 Å². The molecule has 0 unspecified atom stereocenters. The van der Waals surface area contributed by atoms with Gasteiger partial charge >= 0.3 is 0 Å². The molecule has 0 saturated carbocycles. The number of hydrogen-bond acceptors (Lipinski definition) is 6. The molecule has 122 valence electrons. The molecule has 0 fully saturated rings. The largest absolute Gasteiger partial charge is 0.296 e. The van der Waals surface area contributed by atoms with E-state index < -0.39 is 0 Å². The molecule has 4 nitrogen and oxygen atoms in total. The van der Waals surface area contributed by atoms with Gasteiger partial charge in [-0.1, -0.05) is 59.0 Å². The van der Waals surface area contributed by atoms with Crippen LogP contribution in [0, 0.1) is 6.92 Å². The van der Waals surface area contributed by atoms with Gasteiger partial charge in [-0.2, -0.15) is 0 Å². The molecule has 1 N–H and O–H groups in total. The highest BCUT2D eigenvalue weighted by Crippen LogP contribution is 2.30. The van der Waals surface area contributed by atoms with Crippen molar-refractivity contribution in [1.29, 1.82) is 0 Å². The van der Waals surface area contributed by atoms with Crippen LogP contribution in [0.25, 0.3) is 11.1 Å². The summed E-state index contributed by atoms with van der Waals surface area (Å²) in [6.45, 7) is 5.72. The number of rotatable bonds is 6. The molecule has 1 aromatic carbocycles. The van der Waals surface area contributed by atoms with Crippen molar-refractivity contribution in [2.24, 2.45) is 0 Å². The van der Waals surface area contributed by atoms with Crippen molar-refractivity contribution < 1.29 is 4.79 Å². The second-order valence-electron chi connectivity index (χ2n) is 4.96. The van der Waals surface area contributed by atoms with E-state index in [1.54, 1.807) is 11.8 Å². The third-order valence-corrected chi connectivity index (χ3v) is 6.07. The minimum atomic E-state index is -0.156. The van der Waals surface area contributed by atoms with Crippen molar-refractivity contribution in [3.05, 3.63) is 58.8 Å². The number of nitrogens with zero attached hydrogens (tertiary/aromatic N) is 2. The molecule has 3 rings (SSSR count). The Hall–Kier alpha value is -1.96. The third-order valence-electron chi connectivity index (χ3n) is 3.19. The second-order valence-corrected chi connectivity index (χ2v) is 8.12. The summed E-state index contributed by atoms with van der Waals surface area (Å²) in [6.07, 6.45) is 1.81. The molecular formula is C17H15N3OS3. The first-order chi connectivity index (χ1) is 11.7. The first kappa shape index (κ1) is 16.9. The number of nitrogens with one attached hydrogen (secondary N) is 1. The molecule has 2 aromatic heterocycles. The Balaban J connectivity index is 1.76. The van der Waals surface area contributed by atoms with E-state index in [0.717, 1.165) is 21.2 Å². The normalized spacial score (nSPS) is 10.5. The molecule has 0 bridgehead atoms. The summed E-state index contributed by atoms with van der Waals surface area (Å²) in [5.41, 5.74) is 3.16. The Bertz CT molecular complexity index is 852. The van der Waals surface area contributed by atoms with Crippen molar-refractivity contribution >= 4 is 45.5 Å². The van der Waals surface area contributed by atoms with E-state index in [2.05, 4.69) is 22.1 Å². The lowest BCUT2D eigenvalue weighted by molar-refractivity contribution is 0.103. The molecular weight excluding hydrogens is 358 g/mol. The van der Waals surface area contributed by atoms with Gasteiger partial charge in [0.25, 0.3) is 5.91 Å². The molecule has 0 aliphatic rings. The standard InChI is InChI=1S/C17H15N3OS3/c1-3-9-23-17-20-19-16(24-17)18-15(21)14-13(8-10-22-14)12-6-4-11(2)5-7-12/h3-8,10H,1,9H2,2H3,(H,18,19,21). The Labute approximate surface area is 152 Å². The molecule has 1 amide bonds. The SMILES string of the molecule is C=CCSc1nnc(NC(=O)c2sccc2-c2ccc(C)cc2)s1. The Morgan fingerprint density at radius 2 is 2.08 bits per heavy atom. The number of thiophene rings is 1. The van der Waals surface area contributed by atoms with Crippen LogP contribution >= 0.6 is 34.4 Å². The second kappa shape index (κ2) is 7.74. The van der Waals surface area contributed by atoms with Gasteiger partial charge in [0.1, 0.15) is 4.88 Å². The lowest BCUT2D eigenvalue weighted by Gasteiger charge is -2.04. The number of aromatic nitrogens is 2. The van der Waals surface area contributed by atoms with E-state index in [0.29, 0.717) is 10.0 Å². The molecule has 0 aliphatic carbocycles. The van der Waals surface area contributed by atoms with Crippen molar-refractivity contribution in [2.45, 2.75) is 11.3 Å². The molecule has 0 radical (unpaired) electrons. The highest BCUT2D eigenvalue weighted by Gasteiger charge is 2.16. The molecule has 3 aromatic rings. The first-order valence-corrected chi connectivity index (χ1v) is 9.88. The molecule has 0 saturated heterocycles. The van der Waals surface area contributed by atoms with Gasteiger partial charge in [0.15, 0.2) is 4.34 Å². The van der Waals surface area contributed by atoms with Gasteiger partial charge in [-0.05, 0) is 23.9 Å². The van der Waals surface area contributed by atoms with Gasteiger partial charge in [0, 0.05) is 11.3 Å². The summed E-state index contributed by atoms with van der Waals surface area (Å²) < 4.78 is 0.815. The summed E-state index contributed by atoms with van der Waals surface area (Å²) in [7, 11) is 0. The van der Waals surface area contributed by atoms with Crippen LogP contribution in [-0.4, -0.2) is 21.9 Å². The van der Waals surface area contributed by atoms with E-state index in [1.807, 2.05) is 48.7 Å². The predicted molar refractivity (Wildman–Crippen MR) is 103 cm³/mol. The van der Waals surface area contributed by atoms with Gasteiger partial charge in [-0.25, -0.2) is 0 Å². The number of aryl methyl sites for hydroxylation is 1. The van der Waals surface area contributed by atoms with Gasteiger partial charge in [0.05, 0.1) is 0 Å². The zero-order valence-corrected chi connectivity index (χ0v) is 15.4. The van der Waals surface area contributed by atoms with Crippen LogP contribution in [0.5, 0.6) is 0 Å². The lowest BCUT2D eigenvalue weighted by Crippen LogP contribution is -2.11. The number of carbonyl (C=O) groups excluding carboxylic acids is 1. The number of anilines is 1. The summed E-state index contributed by atoms with van der Waals surface area (Å²) in [5, 5.41) is 13.3. The number of hydrogen-bond donors (Lipinski definition) is 1. The fourth-order valence-electron chi connectivity index (χ4n) is 2.05. The minimum Gasteiger partial charge on any atom is -0.296 e. The smallest absolute Gasteiger partial charge is 0.268 e. The summed E-state index contributed by atoms with van der Waals surface area (Å²) in [5.74, 6) is 0.613. The van der Waals surface area contributed by atoms with Gasteiger partial charge in [-0.3, -0.25) is 10.1 Å². The quantitative estimate of drug-likeness (QED) is 0.371. The topological polar surface area (TPSA) is 54.9 Å². The van der Waals surface area contributed by atoms with Gasteiger partial charge < -0.3 is 0 Å². The molecule has 2 heterocycles. The van der Waals surface area contributed by atoms with E-state index in [-0.39, 0.29) is 5.91 Å². The van der Waals surface area contributed by atoms with Crippen LogP contribution in [0.2, 0.25) is 0 Å². The highest BCUT2D eigenvalue weighted by molar-refractivity contribution is 8.01. The van der Waals surface area contributed by atoms with Crippen LogP contribution in [0.3, 0.4) is 0 Å². The monoisotopic (exact) mass is 373 g/mol. The van der Waals surface area contributed by atoms with E-state index in [4.69, 9.17) is 0 Å². The van der Waals surface area contributed by atoms with Crippen molar-refractivity contribution in [2.75, 3.05) is 11.1 Å². The molecule has 7 heteroatoms. The summed E-state index contributed by atoms with van der Waals surface area (Å²) >= 11 is 4.34. The Morgan fingerprint density at radius 1 is 1.29 bits per heavy atom. The van der Waals surface area contributed by atoms with E-state index in [1.165, 1.54) is 28.2 Å². The minimum absolute atomic E-state index is 0.156. The van der Waals surface area contributed by atoms with Gasteiger partial charge in [0.2, 0.25) is 5.13 Å². The van der Waals surface area contributed by atoms with Crippen LogP contribution < -0.4 is 5.32 Å². The molecule has 0 spiro atoms. The molecule has 24 heavy (non-hydrogen) atoms. The first-order valence-electron chi connectivity index (χ1n) is 7.20. The van der Waals surface area contributed by atoms with Crippen LogP contribution in [-0.2, 0) is 0 Å². The number of benzene rings is 1. The van der Waals surface area contributed by atoms with Crippen molar-refractivity contribution in [1.82, 2.24) is 10.2 Å². The average Bonchev–Trinajstić information content (AvgIpc) is 3.23. The number of thioether (sulfide) groups is 1.